The van der Waals surface area contributed by atoms with Crippen LogP contribution < -0.4 is 5.32 Å². The van der Waals surface area contributed by atoms with Crippen LogP contribution in [-0.4, -0.2) is 25.2 Å². The third-order valence-corrected chi connectivity index (χ3v) is 2.89. The Labute approximate surface area is 101 Å². The Morgan fingerprint density at radius 1 is 1.44 bits per heavy atom. The maximum atomic E-state index is 5.95. The molecule has 1 aliphatic rings. The van der Waals surface area contributed by atoms with E-state index in [-0.39, 0.29) is 0 Å². The van der Waals surface area contributed by atoms with Crippen LogP contribution in [0.5, 0.6) is 0 Å². The third kappa shape index (κ3) is 1.46. The van der Waals surface area contributed by atoms with Crippen LogP contribution in [0.2, 0.25) is 5.02 Å². The van der Waals surface area contributed by atoms with E-state index in [4.69, 9.17) is 23.8 Å². The molecule has 0 spiro atoms. The van der Waals surface area contributed by atoms with E-state index in [1.165, 1.54) is 0 Å². The number of anilines is 1. The number of tetrazole rings is 1. The molecule has 1 N–H and O–H groups in total. The fourth-order valence-electron chi connectivity index (χ4n) is 1.63. The maximum Gasteiger partial charge on any atom is 0.210 e. The van der Waals surface area contributed by atoms with E-state index in [0.717, 1.165) is 11.3 Å². The first-order chi connectivity index (χ1) is 7.74. The lowest BCUT2D eigenvalue weighted by atomic mass is 10.2. The molecule has 7 heteroatoms. The second kappa shape index (κ2) is 3.50. The van der Waals surface area contributed by atoms with Gasteiger partial charge in [0.1, 0.15) is 0 Å². The first kappa shape index (κ1) is 9.68. The van der Waals surface area contributed by atoms with Crippen molar-refractivity contribution >= 4 is 34.5 Å². The summed E-state index contributed by atoms with van der Waals surface area (Å²) >= 11 is 11.1. The maximum absolute atomic E-state index is 5.95. The van der Waals surface area contributed by atoms with E-state index in [9.17, 15) is 0 Å². The van der Waals surface area contributed by atoms with Gasteiger partial charge >= 0.3 is 0 Å². The standard InChI is InChI=1S/C9H6ClN5S/c10-6-1-2-7-5(3-6)4-15-8(9(16)11-7)12-13-14-15/h1-3H,4H2,(H,11,16). The van der Waals surface area contributed by atoms with Crippen LogP contribution in [0.4, 0.5) is 5.69 Å². The molecule has 2 aromatic rings. The zero-order valence-electron chi connectivity index (χ0n) is 8.01. The molecule has 1 aliphatic heterocycles. The second-order valence-electron chi connectivity index (χ2n) is 3.42. The lowest BCUT2D eigenvalue weighted by Gasteiger charge is -2.06. The predicted molar refractivity (Wildman–Crippen MR) is 63.7 cm³/mol. The first-order valence-corrected chi connectivity index (χ1v) is 5.38. The van der Waals surface area contributed by atoms with Gasteiger partial charge in [-0.05, 0) is 34.2 Å². The molecule has 0 saturated carbocycles. The van der Waals surface area contributed by atoms with E-state index in [2.05, 4.69) is 20.8 Å². The minimum Gasteiger partial charge on any atom is -0.343 e. The number of hydrogen-bond donors (Lipinski definition) is 1. The smallest absolute Gasteiger partial charge is 0.210 e. The summed E-state index contributed by atoms with van der Waals surface area (Å²) in [4.78, 5) is 0.520. The molecule has 0 bridgehead atoms. The summed E-state index contributed by atoms with van der Waals surface area (Å²) in [5.74, 6) is 0.572. The van der Waals surface area contributed by atoms with Gasteiger partial charge < -0.3 is 5.32 Å². The van der Waals surface area contributed by atoms with Crippen molar-refractivity contribution in [2.45, 2.75) is 6.54 Å². The van der Waals surface area contributed by atoms with Crippen molar-refractivity contribution in [3.8, 4) is 0 Å². The molecule has 16 heavy (non-hydrogen) atoms. The number of rotatable bonds is 0. The number of fused-ring (bicyclic) bond motifs is 2. The summed E-state index contributed by atoms with van der Waals surface area (Å²) < 4.78 is 1.65. The Hall–Kier alpha value is -1.53. The van der Waals surface area contributed by atoms with E-state index in [1.54, 1.807) is 4.68 Å². The van der Waals surface area contributed by atoms with Gasteiger partial charge in [-0.15, -0.1) is 5.10 Å². The Bertz CT molecular complexity index is 579. The van der Waals surface area contributed by atoms with E-state index < -0.39 is 0 Å². The molecule has 0 amide bonds. The van der Waals surface area contributed by atoms with Gasteiger partial charge in [0.2, 0.25) is 5.82 Å². The SMILES string of the molecule is S=C1Nc2ccc(Cl)cc2Cn2nnnc21. The summed E-state index contributed by atoms with van der Waals surface area (Å²) in [5.41, 5.74) is 1.95. The van der Waals surface area contributed by atoms with Gasteiger partial charge in [-0.3, -0.25) is 0 Å². The highest BCUT2D eigenvalue weighted by Gasteiger charge is 2.18. The average Bonchev–Trinajstić information content (AvgIpc) is 2.65. The molecular weight excluding hydrogens is 246 g/mol. The number of aromatic nitrogens is 4. The highest BCUT2D eigenvalue weighted by Crippen LogP contribution is 2.24. The van der Waals surface area contributed by atoms with E-state index >= 15 is 0 Å². The van der Waals surface area contributed by atoms with Gasteiger partial charge in [-0.2, -0.15) is 0 Å². The normalized spacial score (nSPS) is 13.7. The predicted octanol–water partition coefficient (Wildman–Crippen LogP) is 1.48. The molecule has 0 fully saturated rings. The van der Waals surface area contributed by atoms with Crippen LogP contribution >= 0.6 is 23.8 Å². The summed E-state index contributed by atoms with van der Waals surface area (Å²) in [5, 5.41) is 15.1. The van der Waals surface area contributed by atoms with Crippen LogP contribution in [0.1, 0.15) is 11.4 Å². The molecule has 1 aromatic heterocycles. The molecule has 0 aliphatic carbocycles. The third-order valence-electron chi connectivity index (χ3n) is 2.37. The Kier molecular flexibility index (Phi) is 2.12. The minimum absolute atomic E-state index is 0.520. The quantitative estimate of drug-likeness (QED) is 0.719. The second-order valence-corrected chi connectivity index (χ2v) is 4.26. The lowest BCUT2D eigenvalue weighted by Crippen LogP contribution is -2.14. The van der Waals surface area contributed by atoms with Gasteiger partial charge in [0.05, 0.1) is 6.54 Å². The molecule has 0 atom stereocenters. The molecule has 0 radical (unpaired) electrons. The monoisotopic (exact) mass is 251 g/mol. The molecule has 0 saturated heterocycles. The Morgan fingerprint density at radius 3 is 3.19 bits per heavy atom. The van der Waals surface area contributed by atoms with Crippen molar-refractivity contribution in [3.05, 3.63) is 34.6 Å². The van der Waals surface area contributed by atoms with Gasteiger partial charge in [-0.1, -0.05) is 23.8 Å². The molecular formula is C9H6ClN5S. The zero-order valence-corrected chi connectivity index (χ0v) is 9.59. The highest BCUT2D eigenvalue weighted by atomic mass is 35.5. The lowest BCUT2D eigenvalue weighted by molar-refractivity contribution is 0.648. The number of halogens is 1. The largest absolute Gasteiger partial charge is 0.343 e. The summed E-state index contributed by atoms with van der Waals surface area (Å²) in [7, 11) is 0. The van der Waals surface area contributed by atoms with Crippen molar-refractivity contribution in [3.63, 3.8) is 0 Å². The molecule has 5 nitrogen and oxygen atoms in total. The van der Waals surface area contributed by atoms with Crippen LogP contribution in [0.3, 0.4) is 0 Å². The van der Waals surface area contributed by atoms with Crippen LogP contribution in [0.15, 0.2) is 18.2 Å². The van der Waals surface area contributed by atoms with Gasteiger partial charge in [-0.25, -0.2) is 4.68 Å². The number of benzene rings is 1. The van der Waals surface area contributed by atoms with Crippen molar-refractivity contribution in [2.75, 3.05) is 5.32 Å². The fourth-order valence-corrected chi connectivity index (χ4v) is 2.08. The molecule has 0 unspecified atom stereocenters. The Balaban J connectivity index is 2.17. The van der Waals surface area contributed by atoms with Crippen molar-refractivity contribution in [1.29, 1.82) is 0 Å². The Morgan fingerprint density at radius 2 is 2.31 bits per heavy atom. The topological polar surface area (TPSA) is 55.6 Å². The summed E-state index contributed by atoms with van der Waals surface area (Å²) in [6.45, 7) is 0.561. The molecule has 3 rings (SSSR count). The van der Waals surface area contributed by atoms with E-state index in [1.807, 2.05) is 18.2 Å². The molecule has 2 heterocycles. The highest BCUT2D eigenvalue weighted by molar-refractivity contribution is 7.81. The average molecular weight is 252 g/mol. The van der Waals surface area contributed by atoms with Crippen molar-refractivity contribution in [1.82, 2.24) is 20.2 Å². The number of hydrogen-bond acceptors (Lipinski definition) is 4. The number of thiocarbonyl (C=S) groups is 1. The van der Waals surface area contributed by atoms with Crippen LogP contribution in [-0.2, 0) is 6.54 Å². The summed E-state index contributed by atoms with van der Waals surface area (Å²) in [6.07, 6.45) is 0. The fraction of sp³-hybridized carbons (Fsp3) is 0.111. The van der Waals surface area contributed by atoms with Gasteiger partial charge in [0.15, 0.2) is 4.99 Å². The van der Waals surface area contributed by atoms with Crippen molar-refractivity contribution < 1.29 is 0 Å². The minimum atomic E-state index is 0.520. The zero-order chi connectivity index (χ0) is 11.1. The number of nitrogens with zero attached hydrogens (tertiary/aromatic N) is 4. The first-order valence-electron chi connectivity index (χ1n) is 4.60. The summed E-state index contributed by atoms with van der Waals surface area (Å²) in [6, 6.07) is 5.59. The van der Waals surface area contributed by atoms with Gasteiger partial charge in [0, 0.05) is 10.7 Å². The number of nitrogens with one attached hydrogen (secondary N) is 1. The van der Waals surface area contributed by atoms with Crippen LogP contribution in [0.25, 0.3) is 0 Å². The van der Waals surface area contributed by atoms with E-state index in [0.29, 0.717) is 22.4 Å². The van der Waals surface area contributed by atoms with Crippen molar-refractivity contribution in [2.24, 2.45) is 0 Å². The van der Waals surface area contributed by atoms with Gasteiger partial charge in [0.25, 0.3) is 0 Å². The molecule has 80 valence electrons. The molecule has 1 aromatic carbocycles. The van der Waals surface area contributed by atoms with Crippen LogP contribution in [0, 0.1) is 0 Å².